The molecule has 0 bridgehead atoms. The molecule has 0 unspecified atom stereocenters. The quantitative estimate of drug-likeness (QED) is 0.720. The maximum Gasteiger partial charge on any atom is 0.278 e. The van der Waals surface area contributed by atoms with Gasteiger partial charge in [0.2, 0.25) is 5.43 Å². The summed E-state index contributed by atoms with van der Waals surface area (Å²) in [5.41, 5.74) is 1.45. The number of carbonyl (C=O) groups is 1. The van der Waals surface area contributed by atoms with Crippen LogP contribution in [0.3, 0.4) is 0 Å². The Kier molecular flexibility index (Phi) is 4.93. The molecular formula is C20H21N3O2. The zero-order chi connectivity index (χ0) is 17.8. The van der Waals surface area contributed by atoms with E-state index in [0.717, 1.165) is 11.1 Å². The molecule has 5 nitrogen and oxygen atoms in total. The van der Waals surface area contributed by atoms with Crippen LogP contribution < -0.4 is 5.43 Å². The number of hydrogen-bond donors (Lipinski definition) is 0. The molecule has 0 aliphatic heterocycles. The molecule has 0 N–H and O–H groups in total. The van der Waals surface area contributed by atoms with Crippen LogP contribution in [0.25, 0.3) is 10.9 Å². The number of aryl methyl sites for hydroxylation is 1. The van der Waals surface area contributed by atoms with Crippen LogP contribution >= 0.6 is 0 Å². The van der Waals surface area contributed by atoms with E-state index in [1.165, 1.54) is 0 Å². The van der Waals surface area contributed by atoms with E-state index < -0.39 is 0 Å². The van der Waals surface area contributed by atoms with Crippen LogP contribution in [0.1, 0.15) is 29.9 Å². The molecule has 0 aliphatic carbocycles. The largest absolute Gasteiger partial charge is 0.333 e. The van der Waals surface area contributed by atoms with Crippen molar-refractivity contribution in [2.45, 2.75) is 26.9 Å². The molecule has 5 heteroatoms. The van der Waals surface area contributed by atoms with Crippen molar-refractivity contribution in [3.63, 3.8) is 0 Å². The minimum atomic E-state index is -0.329. The predicted molar refractivity (Wildman–Crippen MR) is 98.5 cm³/mol. The Morgan fingerprint density at radius 3 is 2.40 bits per heavy atom. The van der Waals surface area contributed by atoms with Gasteiger partial charge in [-0.1, -0.05) is 42.5 Å². The molecule has 0 fully saturated rings. The molecule has 0 saturated carbocycles. The molecule has 0 atom stereocenters. The van der Waals surface area contributed by atoms with Crippen molar-refractivity contribution in [3.8, 4) is 0 Å². The first kappa shape index (κ1) is 16.9. The molecule has 3 rings (SSSR count). The molecule has 0 radical (unpaired) electrons. The van der Waals surface area contributed by atoms with Gasteiger partial charge < -0.3 is 4.90 Å². The van der Waals surface area contributed by atoms with Gasteiger partial charge >= 0.3 is 0 Å². The monoisotopic (exact) mass is 335 g/mol. The van der Waals surface area contributed by atoms with Gasteiger partial charge in [-0.2, -0.15) is 5.10 Å². The van der Waals surface area contributed by atoms with Gasteiger partial charge in [0.05, 0.1) is 5.52 Å². The second-order valence-corrected chi connectivity index (χ2v) is 5.82. The van der Waals surface area contributed by atoms with Crippen LogP contribution in [0.4, 0.5) is 0 Å². The predicted octanol–water partition coefficient (Wildman–Crippen LogP) is 3.08. The summed E-state index contributed by atoms with van der Waals surface area (Å²) in [5, 5.41) is 4.87. The van der Waals surface area contributed by atoms with E-state index in [-0.39, 0.29) is 17.0 Å². The molecule has 1 heterocycles. The fraction of sp³-hybridized carbons (Fsp3) is 0.250. The van der Waals surface area contributed by atoms with E-state index in [4.69, 9.17) is 0 Å². The summed E-state index contributed by atoms with van der Waals surface area (Å²) < 4.78 is 1.71. The normalized spacial score (nSPS) is 10.8. The first-order chi connectivity index (χ1) is 12.2. The molecular weight excluding hydrogens is 314 g/mol. The lowest BCUT2D eigenvalue weighted by molar-refractivity contribution is 0.0743. The fourth-order valence-corrected chi connectivity index (χ4v) is 2.90. The Hall–Kier alpha value is -2.95. The zero-order valence-corrected chi connectivity index (χ0v) is 14.5. The molecule has 2 aromatic carbocycles. The summed E-state index contributed by atoms with van der Waals surface area (Å²) in [7, 11) is 0. The highest BCUT2D eigenvalue weighted by Crippen LogP contribution is 2.12. The van der Waals surface area contributed by atoms with E-state index in [2.05, 4.69) is 5.10 Å². The average Bonchev–Trinajstić information content (AvgIpc) is 2.67. The highest BCUT2D eigenvalue weighted by Gasteiger charge is 2.22. The Balaban J connectivity index is 2.03. The zero-order valence-electron chi connectivity index (χ0n) is 14.5. The van der Waals surface area contributed by atoms with Gasteiger partial charge in [0.25, 0.3) is 5.91 Å². The van der Waals surface area contributed by atoms with Gasteiger partial charge in [-0.05, 0) is 31.5 Å². The van der Waals surface area contributed by atoms with Crippen molar-refractivity contribution in [2.24, 2.45) is 0 Å². The number of amides is 1. The maximum absolute atomic E-state index is 13.0. The van der Waals surface area contributed by atoms with Crippen molar-refractivity contribution in [1.29, 1.82) is 0 Å². The second kappa shape index (κ2) is 7.30. The lowest BCUT2D eigenvalue weighted by Gasteiger charge is -2.21. The first-order valence-corrected chi connectivity index (χ1v) is 8.48. The third kappa shape index (κ3) is 3.31. The van der Waals surface area contributed by atoms with Crippen LogP contribution in [-0.2, 0) is 13.1 Å². The van der Waals surface area contributed by atoms with E-state index in [1.54, 1.807) is 21.7 Å². The van der Waals surface area contributed by atoms with Crippen molar-refractivity contribution in [3.05, 3.63) is 76.1 Å². The molecule has 0 aliphatic rings. The van der Waals surface area contributed by atoms with E-state index in [1.807, 2.05) is 56.3 Å². The molecule has 0 spiro atoms. The Bertz CT molecular complexity index is 948. The lowest BCUT2D eigenvalue weighted by Crippen LogP contribution is -2.36. The molecule has 128 valence electrons. The van der Waals surface area contributed by atoms with E-state index in [9.17, 15) is 9.59 Å². The van der Waals surface area contributed by atoms with Gasteiger partial charge in [-0.3, -0.25) is 14.3 Å². The van der Waals surface area contributed by atoms with E-state index >= 15 is 0 Å². The topological polar surface area (TPSA) is 55.2 Å². The smallest absolute Gasteiger partial charge is 0.278 e. The molecule has 1 aromatic heterocycles. The third-order valence-corrected chi connectivity index (χ3v) is 4.25. The number of aromatic nitrogens is 2. The second-order valence-electron chi connectivity index (χ2n) is 5.82. The van der Waals surface area contributed by atoms with Crippen molar-refractivity contribution < 1.29 is 4.79 Å². The summed E-state index contributed by atoms with van der Waals surface area (Å²) >= 11 is 0. The maximum atomic E-state index is 13.0. The number of para-hydroxylation sites is 1. The van der Waals surface area contributed by atoms with Crippen LogP contribution in [0.5, 0.6) is 0 Å². The molecule has 0 saturated heterocycles. The van der Waals surface area contributed by atoms with Gasteiger partial charge in [-0.25, -0.2) is 0 Å². The SMILES string of the molecule is CCN(Cc1ccccc1)C(=O)c1nn(CC)c2ccccc2c1=O. The molecule has 1 amide bonds. The number of fused-ring (bicyclic) bond motifs is 1. The number of rotatable bonds is 5. The molecule has 3 aromatic rings. The summed E-state index contributed by atoms with van der Waals surface area (Å²) in [6, 6.07) is 17.0. The van der Waals surface area contributed by atoms with Gasteiger partial charge in [0.1, 0.15) is 0 Å². The minimum absolute atomic E-state index is 0.0154. The summed E-state index contributed by atoms with van der Waals surface area (Å²) in [6.07, 6.45) is 0. The van der Waals surface area contributed by atoms with Crippen LogP contribution in [0.15, 0.2) is 59.4 Å². The number of benzene rings is 2. The van der Waals surface area contributed by atoms with Crippen molar-refractivity contribution >= 4 is 16.8 Å². The summed E-state index contributed by atoms with van der Waals surface area (Å²) in [4.78, 5) is 27.4. The van der Waals surface area contributed by atoms with Crippen LogP contribution in [0, 0.1) is 0 Å². The highest BCUT2D eigenvalue weighted by molar-refractivity contribution is 5.95. The van der Waals surface area contributed by atoms with Crippen molar-refractivity contribution in [1.82, 2.24) is 14.7 Å². The highest BCUT2D eigenvalue weighted by atomic mass is 16.2. The van der Waals surface area contributed by atoms with Crippen molar-refractivity contribution in [2.75, 3.05) is 6.54 Å². The number of hydrogen-bond acceptors (Lipinski definition) is 3. The van der Waals surface area contributed by atoms with E-state index in [0.29, 0.717) is 25.0 Å². The Morgan fingerprint density at radius 1 is 1.04 bits per heavy atom. The number of nitrogens with zero attached hydrogens (tertiary/aromatic N) is 3. The minimum Gasteiger partial charge on any atom is -0.333 e. The third-order valence-electron chi connectivity index (χ3n) is 4.25. The molecule has 25 heavy (non-hydrogen) atoms. The average molecular weight is 335 g/mol. The Morgan fingerprint density at radius 2 is 1.72 bits per heavy atom. The fourth-order valence-electron chi connectivity index (χ4n) is 2.90. The van der Waals surface area contributed by atoms with Gasteiger partial charge in [0.15, 0.2) is 5.69 Å². The van der Waals surface area contributed by atoms with Gasteiger partial charge in [0, 0.05) is 25.0 Å². The van der Waals surface area contributed by atoms with Crippen LogP contribution in [-0.4, -0.2) is 27.1 Å². The standard InChI is InChI=1S/C20H21N3O2/c1-3-22(14-15-10-6-5-7-11-15)20(25)18-19(24)16-12-8-9-13-17(16)23(4-2)21-18/h5-13H,3-4,14H2,1-2H3. The number of carbonyl (C=O) groups excluding carboxylic acids is 1. The first-order valence-electron chi connectivity index (χ1n) is 8.48. The Labute approximate surface area is 146 Å². The summed E-state index contributed by atoms with van der Waals surface area (Å²) in [6.45, 7) is 5.40. The summed E-state index contributed by atoms with van der Waals surface area (Å²) in [5.74, 6) is -0.329. The lowest BCUT2D eigenvalue weighted by atomic mass is 10.1. The van der Waals surface area contributed by atoms with Gasteiger partial charge in [-0.15, -0.1) is 0 Å². The van der Waals surface area contributed by atoms with Crippen LogP contribution in [0.2, 0.25) is 0 Å².